The van der Waals surface area contributed by atoms with Gasteiger partial charge >= 0.3 is 0 Å². The van der Waals surface area contributed by atoms with Crippen molar-refractivity contribution in [2.45, 2.75) is 38.3 Å². The normalized spacial score (nSPS) is 23.2. The second kappa shape index (κ2) is 5.84. The molecule has 1 atom stereocenters. The minimum Gasteiger partial charge on any atom is -0.453 e. The fourth-order valence-corrected chi connectivity index (χ4v) is 2.63. The van der Waals surface area contributed by atoms with Gasteiger partial charge in [0.2, 0.25) is 0 Å². The first-order chi connectivity index (χ1) is 7.79. The number of halogens is 1. The number of aliphatic hydroxyl groups is 1. The van der Waals surface area contributed by atoms with E-state index in [0.29, 0.717) is 6.04 Å². The Balaban J connectivity index is 1.99. The molecule has 1 N–H and O–H groups in total. The van der Waals surface area contributed by atoms with Crippen LogP contribution in [-0.2, 0) is 6.54 Å². The molecule has 0 bridgehead atoms. The van der Waals surface area contributed by atoms with Crippen LogP contribution in [0.2, 0.25) is 0 Å². The van der Waals surface area contributed by atoms with Gasteiger partial charge in [0.25, 0.3) is 0 Å². The van der Waals surface area contributed by atoms with Gasteiger partial charge in [0, 0.05) is 6.04 Å². The van der Waals surface area contributed by atoms with Crippen LogP contribution in [0.5, 0.6) is 0 Å². The van der Waals surface area contributed by atoms with Crippen LogP contribution in [0.1, 0.15) is 31.4 Å². The molecule has 1 aliphatic heterocycles. The van der Waals surface area contributed by atoms with E-state index in [2.05, 4.69) is 20.8 Å². The third-order valence-corrected chi connectivity index (χ3v) is 3.62. The summed E-state index contributed by atoms with van der Waals surface area (Å²) in [6, 6.07) is 4.20. The molecular weight excluding hydrogens is 270 g/mol. The molecule has 0 amide bonds. The molecule has 3 nitrogen and oxygen atoms in total. The van der Waals surface area contributed by atoms with Crippen LogP contribution in [0.4, 0.5) is 0 Å². The Bertz CT molecular complexity index is 327. The summed E-state index contributed by atoms with van der Waals surface area (Å²) in [6.45, 7) is 2.11. The molecule has 1 aromatic rings. The van der Waals surface area contributed by atoms with Crippen LogP contribution in [0.15, 0.2) is 21.2 Å². The predicted molar refractivity (Wildman–Crippen MR) is 66.2 cm³/mol. The lowest BCUT2D eigenvalue weighted by atomic mass is 10.1. The fourth-order valence-electron chi connectivity index (χ4n) is 2.29. The van der Waals surface area contributed by atoms with Crippen molar-refractivity contribution >= 4 is 15.9 Å². The molecule has 1 saturated heterocycles. The molecule has 0 radical (unpaired) electrons. The average molecular weight is 288 g/mol. The number of rotatable bonds is 3. The Morgan fingerprint density at radius 3 is 2.94 bits per heavy atom. The summed E-state index contributed by atoms with van der Waals surface area (Å²) in [5, 5.41) is 9.39. The highest BCUT2D eigenvalue weighted by Crippen LogP contribution is 2.21. The van der Waals surface area contributed by atoms with Gasteiger partial charge in [0.05, 0.1) is 13.2 Å². The number of hydrogen-bond donors (Lipinski definition) is 1. The van der Waals surface area contributed by atoms with Crippen LogP contribution in [0.25, 0.3) is 0 Å². The Labute approximate surface area is 105 Å². The van der Waals surface area contributed by atoms with E-state index in [-0.39, 0.29) is 6.61 Å². The molecule has 1 aromatic heterocycles. The molecule has 0 aliphatic carbocycles. The Morgan fingerprint density at radius 1 is 1.38 bits per heavy atom. The summed E-state index contributed by atoms with van der Waals surface area (Å²) in [5.74, 6) is 0.965. The van der Waals surface area contributed by atoms with Gasteiger partial charge in [0.1, 0.15) is 5.76 Å². The zero-order valence-electron chi connectivity index (χ0n) is 9.36. The highest BCUT2D eigenvalue weighted by atomic mass is 79.9. The van der Waals surface area contributed by atoms with Crippen molar-refractivity contribution in [2.24, 2.45) is 0 Å². The number of furan rings is 1. The first kappa shape index (κ1) is 12.1. The first-order valence-electron chi connectivity index (χ1n) is 5.88. The van der Waals surface area contributed by atoms with Gasteiger partial charge in [-0.3, -0.25) is 4.90 Å². The quantitative estimate of drug-likeness (QED) is 0.929. The van der Waals surface area contributed by atoms with E-state index in [0.717, 1.165) is 29.9 Å². The summed E-state index contributed by atoms with van der Waals surface area (Å²) >= 11 is 3.31. The second-order valence-electron chi connectivity index (χ2n) is 4.36. The Hall–Kier alpha value is -0.320. The predicted octanol–water partition coefficient (Wildman–Crippen LogP) is 2.78. The van der Waals surface area contributed by atoms with Gasteiger partial charge in [-0.25, -0.2) is 0 Å². The van der Waals surface area contributed by atoms with E-state index >= 15 is 0 Å². The minimum absolute atomic E-state index is 0.252. The summed E-state index contributed by atoms with van der Waals surface area (Å²) in [5.41, 5.74) is 0. The molecule has 1 aliphatic rings. The molecule has 2 rings (SSSR count). The monoisotopic (exact) mass is 287 g/mol. The Kier molecular flexibility index (Phi) is 4.44. The Morgan fingerprint density at radius 2 is 2.25 bits per heavy atom. The van der Waals surface area contributed by atoms with Crippen LogP contribution >= 0.6 is 15.9 Å². The number of aliphatic hydroxyl groups excluding tert-OH is 1. The molecule has 4 heteroatoms. The van der Waals surface area contributed by atoms with Crippen molar-refractivity contribution < 1.29 is 9.52 Å². The van der Waals surface area contributed by atoms with Crippen molar-refractivity contribution in [3.05, 3.63) is 22.6 Å². The van der Waals surface area contributed by atoms with Gasteiger partial charge in [0.15, 0.2) is 4.67 Å². The van der Waals surface area contributed by atoms with E-state index in [1.807, 2.05) is 12.1 Å². The molecule has 0 spiro atoms. The van der Waals surface area contributed by atoms with E-state index < -0.39 is 0 Å². The van der Waals surface area contributed by atoms with E-state index in [1.54, 1.807) is 0 Å². The fraction of sp³-hybridized carbons (Fsp3) is 0.667. The minimum atomic E-state index is 0.252. The zero-order chi connectivity index (χ0) is 11.4. The molecule has 2 heterocycles. The number of nitrogens with zero attached hydrogens (tertiary/aromatic N) is 1. The van der Waals surface area contributed by atoms with E-state index in [4.69, 9.17) is 4.42 Å². The van der Waals surface area contributed by atoms with E-state index in [9.17, 15) is 5.11 Å². The van der Waals surface area contributed by atoms with E-state index in [1.165, 1.54) is 19.3 Å². The van der Waals surface area contributed by atoms with Crippen molar-refractivity contribution in [1.82, 2.24) is 4.90 Å². The summed E-state index contributed by atoms with van der Waals surface area (Å²) in [6.07, 6.45) is 4.81. The van der Waals surface area contributed by atoms with Crippen LogP contribution in [-0.4, -0.2) is 29.2 Å². The summed E-state index contributed by atoms with van der Waals surface area (Å²) in [7, 11) is 0. The molecule has 0 saturated carbocycles. The smallest absolute Gasteiger partial charge is 0.169 e. The second-order valence-corrected chi connectivity index (χ2v) is 5.14. The van der Waals surface area contributed by atoms with Crippen molar-refractivity contribution in [3.8, 4) is 0 Å². The standard InChI is InChI=1S/C12H18BrNO2/c13-12-6-5-11(16-12)8-14-7-3-1-2-4-10(14)9-15/h5-6,10,15H,1-4,7-9H2. The van der Waals surface area contributed by atoms with Gasteiger partial charge in [-0.1, -0.05) is 12.8 Å². The van der Waals surface area contributed by atoms with Gasteiger partial charge < -0.3 is 9.52 Å². The van der Waals surface area contributed by atoms with Gasteiger partial charge in [-0.05, 0) is 47.4 Å². The lowest BCUT2D eigenvalue weighted by Gasteiger charge is -2.27. The topological polar surface area (TPSA) is 36.6 Å². The molecule has 90 valence electrons. The van der Waals surface area contributed by atoms with Gasteiger partial charge in [-0.2, -0.15) is 0 Å². The zero-order valence-corrected chi connectivity index (χ0v) is 10.9. The summed E-state index contributed by atoms with van der Waals surface area (Å²) in [4.78, 5) is 2.33. The molecule has 1 fully saturated rings. The van der Waals surface area contributed by atoms with Crippen LogP contribution in [0.3, 0.4) is 0 Å². The average Bonchev–Trinajstić information content (AvgIpc) is 2.56. The lowest BCUT2D eigenvalue weighted by molar-refractivity contribution is 0.111. The lowest BCUT2D eigenvalue weighted by Crippen LogP contribution is -2.36. The van der Waals surface area contributed by atoms with Crippen LogP contribution in [0, 0.1) is 0 Å². The first-order valence-corrected chi connectivity index (χ1v) is 6.68. The van der Waals surface area contributed by atoms with Gasteiger partial charge in [-0.15, -0.1) is 0 Å². The molecular formula is C12H18BrNO2. The van der Waals surface area contributed by atoms with Crippen molar-refractivity contribution in [1.29, 1.82) is 0 Å². The third-order valence-electron chi connectivity index (χ3n) is 3.20. The van der Waals surface area contributed by atoms with Crippen molar-refractivity contribution in [2.75, 3.05) is 13.2 Å². The third kappa shape index (κ3) is 3.09. The highest BCUT2D eigenvalue weighted by Gasteiger charge is 2.21. The molecule has 0 aromatic carbocycles. The summed E-state index contributed by atoms with van der Waals surface area (Å²) < 4.78 is 6.29. The SMILES string of the molecule is OCC1CCCCCN1Cc1ccc(Br)o1. The highest BCUT2D eigenvalue weighted by molar-refractivity contribution is 9.10. The van der Waals surface area contributed by atoms with Crippen molar-refractivity contribution in [3.63, 3.8) is 0 Å². The molecule has 16 heavy (non-hydrogen) atoms. The maximum absolute atomic E-state index is 9.39. The largest absolute Gasteiger partial charge is 0.453 e. The van der Waals surface area contributed by atoms with Crippen LogP contribution < -0.4 is 0 Å². The maximum atomic E-state index is 9.39. The maximum Gasteiger partial charge on any atom is 0.169 e. The number of likely N-dealkylation sites (tertiary alicyclic amines) is 1. The number of hydrogen-bond acceptors (Lipinski definition) is 3. The molecule has 1 unspecified atom stereocenters.